The van der Waals surface area contributed by atoms with E-state index in [1.54, 1.807) is 0 Å². The smallest absolute Gasteiger partial charge is 0.127 e. The van der Waals surface area contributed by atoms with Gasteiger partial charge in [0, 0.05) is 5.41 Å². The summed E-state index contributed by atoms with van der Waals surface area (Å²) in [5, 5.41) is 0. The largest absolute Gasteiger partial charge is 0.457 e. The first-order valence-corrected chi connectivity index (χ1v) is 10.1. The summed E-state index contributed by atoms with van der Waals surface area (Å²) in [6.07, 6.45) is 0.965. The van der Waals surface area contributed by atoms with Crippen LogP contribution in [-0.4, -0.2) is 0 Å². The molecule has 0 aliphatic rings. The van der Waals surface area contributed by atoms with Gasteiger partial charge in [-0.15, -0.1) is 0 Å². The first-order valence-electron chi connectivity index (χ1n) is 10.1. The average Bonchev–Trinajstić information content (AvgIpc) is 2.76. The highest BCUT2D eigenvalue weighted by molar-refractivity contribution is 5.42. The summed E-state index contributed by atoms with van der Waals surface area (Å²) < 4.78 is 5.92. The molecule has 0 heterocycles. The van der Waals surface area contributed by atoms with Crippen molar-refractivity contribution in [2.24, 2.45) is 0 Å². The summed E-state index contributed by atoms with van der Waals surface area (Å²) in [5.74, 6) is 1.71. The quantitative estimate of drug-likeness (QED) is 0.340. The van der Waals surface area contributed by atoms with E-state index in [1.165, 1.54) is 22.3 Å². The summed E-state index contributed by atoms with van der Waals surface area (Å²) >= 11 is 0. The van der Waals surface area contributed by atoms with E-state index in [9.17, 15) is 0 Å². The molecule has 144 valence electrons. The SMILES string of the molecule is CC(C)(c1ccc(Cc2ccccc2)cc1)c1ccc(Oc2ccccc2)cc1. The molecule has 0 saturated heterocycles. The van der Waals surface area contributed by atoms with E-state index in [0.29, 0.717) is 0 Å². The maximum Gasteiger partial charge on any atom is 0.127 e. The molecule has 4 aromatic rings. The number of rotatable bonds is 6. The van der Waals surface area contributed by atoms with Crippen molar-refractivity contribution in [3.05, 3.63) is 131 Å². The van der Waals surface area contributed by atoms with Gasteiger partial charge in [0.05, 0.1) is 0 Å². The fraction of sp³-hybridized carbons (Fsp3) is 0.143. The Morgan fingerprint density at radius 1 is 0.517 bits per heavy atom. The lowest BCUT2D eigenvalue weighted by Crippen LogP contribution is -2.18. The number of para-hydroxylation sites is 1. The molecule has 0 N–H and O–H groups in total. The van der Waals surface area contributed by atoms with E-state index < -0.39 is 0 Å². The van der Waals surface area contributed by atoms with E-state index >= 15 is 0 Å². The Labute approximate surface area is 173 Å². The van der Waals surface area contributed by atoms with Crippen LogP contribution in [0.25, 0.3) is 0 Å². The van der Waals surface area contributed by atoms with E-state index in [0.717, 1.165) is 17.9 Å². The lowest BCUT2D eigenvalue weighted by molar-refractivity contribution is 0.482. The first-order chi connectivity index (χ1) is 14.1. The molecule has 4 aromatic carbocycles. The second-order valence-electron chi connectivity index (χ2n) is 7.92. The zero-order valence-electron chi connectivity index (χ0n) is 17.0. The molecule has 1 nitrogen and oxygen atoms in total. The van der Waals surface area contributed by atoms with Crippen molar-refractivity contribution in [2.45, 2.75) is 25.7 Å². The van der Waals surface area contributed by atoms with Crippen LogP contribution in [0.15, 0.2) is 109 Å². The minimum atomic E-state index is -0.0729. The fourth-order valence-corrected chi connectivity index (χ4v) is 3.60. The highest BCUT2D eigenvalue weighted by atomic mass is 16.5. The Kier molecular flexibility index (Phi) is 5.48. The van der Waals surface area contributed by atoms with Gasteiger partial charge in [-0.05, 0) is 52.9 Å². The lowest BCUT2D eigenvalue weighted by Gasteiger charge is -2.26. The summed E-state index contributed by atoms with van der Waals surface area (Å²) in [6.45, 7) is 4.54. The van der Waals surface area contributed by atoms with Crippen molar-refractivity contribution in [1.29, 1.82) is 0 Å². The summed E-state index contributed by atoms with van der Waals surface area (Å²) in [7, 11) is 0. The Hall–Kier alpha value is -3.32. The monoisotopic (exact) mass is 378 g/mol. The Morgan fingerprint density at radius 2 is 0.966 bits per heavy atom. The van der Waals surface area contributed by atoms with Gasteiger partial charge in [0.2, 0.25) is 0 Å². The van der Waals surface area contributed by atoms with Crippen molar-refractivity contribution >= 4 is 0 Å². The number of hydrogen-bond donors (Lipinski definition) is 0. The van der Waals surface area contributed by atoms with E-state index in [1.807, 2.05) is 42.5 Å². The molecule has 0 aliphatic heterocycles. The molecule has 0 atom stereocenters. The molecule has 0 fully saturated rings. The molecule has 0 aromatic heterocycles. The van der Waals surface area contributed by atoms with Crippen LogP contribution in [0, 0.1) is 0 Å². The van der Waals surface area contributed by atoms with Crippen molar-refractivity contribution in [1.82, 2.24) is 0 Å². The predicted molar refractivity (Wildman–Crippen MR) is 121 cm³/mol. The zero-order valence-corrected chi connectivity index (χ0v) is 17.0. The van der Waals surface area contributed by atoms with Gasteiger partial charge in [-0.2, -0.15) is 0 Å². The van der Waals surface area contributed by atoms with Gasteiger partial charge >= 0.3 is 0 Å². The minimum absolute atomic E-state index is 0.0729. The maximum atomic E-state index is 5.92. The zero-order chi connectivity index (χ0) is 20.1. The fourth-order valence-electron chi connectivity index (χ4n) is 3.60. The predicted octanol–water partition coefficient (Wildman–Crippen LogP) is 7.40. The molecule has 0 aliphatic carbocycles. The highest BCUT2D eigenvalue weighted by Gasteiger charge is 2.23. The van der Waals surface area contributed by atoms with Crippen molar-refractivity contribution < 1.29 is 4.74 Å². The molecule has 29 heavy (non-hydrogen) atoms. The van der Waals surface area contributed by atoms with Gasteiger partial charge in [-0.1, -0.05) is 98.8 Å². The van der Waals surface area contributed by atoms with Crippen molar-refractivity contribution in [2.75, 3.05) is 0 Å². The standard InChI is InChI=1S/C28H26O/c1-28(2,24-15-13-23(14-16-24)21-22-9-5-3-6-10-22)25-17-19-27(20-18-25)29-26-11-7-4-8-12-26/h3-20H,21H2,1-2H3. The van der Waals surface area contributed by atoms with E-state index in [-0.39, 0.29) is 5.41 Å². The molecular weight excluding hydrogens is 352 g/mol. The average molecular weight is 379 g/mol. The third-order valence-electron chi connectivity index (χ3n) is 5.48. The first kappa shape index (κ1) is 19.0. The molecule has 0 saturated carbocycles. The molecular formula is C28H26O. The number of ether oxygens (including phenoxy) is 1. The summed E-state index contributed by atoms with van der Waals surface area (Å²) in [6, 6.07) is 37.9. The summed E-state index contributed by atoms with van der Waals surface area (Å²) in [4.78, 5) is 0. The second kappa shape index (κ2) is 8.36. The summed E-state index contributed by atoms with van der Waals surface area (Å²) in [5.41, 5.74) is 5.19. The van der Waals surface area contributed by atoms with Gasteiger partial charge in [-0.3, -0.25) is 0 Å². The van der Waals surface area contributed by atoms with Gasteiger partial charge < -0.3 is 4.74 Å². The Balaban J connectivity index is 1.48. The van der Waals surface area contributed by atoms with Crippen LogP contribution in [0.1, 0.15) is 36.1 Å². The topological polar surface area (TPSA) is 9.23 Å². The minimum Gasteiger partial charge on any atom is -0.457 e. The molecule has 1 heteroatoms. The molecule has 0 bridgehead atoms. The van der Waals surface area contributed by atoms with E-state index in [4.69, 9.17) is 4.74 Å². The third kappa shape index (κ3) is 4.57. The van der Waals surface area contributed by atoms with Gasteiger partial charge in [-0.25, -0.2) is 0 Å². The highest BCUT2D eigenvalue weighted by Crippen LogP contribution is 2.33. The molecule has 0 amide bonds. The van der Waals surface area contributed by atoms with Crippen LogP contribution in [0.5, 0.6) is 11.5 Å². The molecule has 0 unspecified atom stereocenters. The van der Waals surface area contributed by atoms with Crippen LogP contribution >= 0.6 is 0 Å². The van der Waals surface area contributed by atoms with E-state index in [2.05, 4.69) is 80.6 Å². The van der Waals surface area contributed by atoms with Crippen LogP contribution in [0.2, 0.25) is 0 Å². The number of benzene rings is 4. The van der Waals surface area contributed by atoms with Crippen LogP contribution in [0.3, 0.4) is 0 Å². The van der Waals surface area contributed by atoms with Gasteiger partial charge in [0.25, 0.3) is 0 Å². The Morgan fingerprint density at radius 3 is 1.55 bits per heavy atom. The normalized spacial score (nSPS) is 11.2. The Bertz CT molecular complexity index is 944. The second-order valence-corrected chi connectivity index (χ2v) is 7.92. The van der Waals surface area contributed by atoms with Crippen molar-refractivity contribution in [3.8, 4) is 11.5 Å². The number of hydrogen-bond acceptors (Lipinski definition) is 1. The lowest BCUT2D eigenvalue weighted by atomic mass is 9.78. The van der Waals surface area contributed by atoms with Crippen LogP contribution in [0.4, 0.5) is 0 Å². The van der Waals surface area contributed by atoms with Gasteiger partial charge in [0.1, 0.15) is 11.5 Å². The molecule has 0 radical (unpaired) electrons. The molecule has 0 spiro atoms. The van der Waals surface area contributed by atoms with Crippen LogP contribution < -0.4 is 4.74 Å². The van der Waals surface area contributed by atoms with Crippen molar-refractivity contribution in [3.63, 3.8) is 0 Å². The maximum absolute atomic E-state index is 5.92. The van der Waals surface area contributed by atoms with Crippen LogP contribution in [-0.2, 0) is 11.8 Å². The molecule has 4 rings (SSSR count). The van der Waals surface area contributed by atoms with Gasteiger partial charge in [0.15, 0.2) is 0 Å². The third-order valence-corrected chi connectivity index (χ3v) is 5.48.